The van der Waals surface area contributed by atoms with Crippen molar-refractivity contribution in [1.29, 1.82) is 0 Å². The maximum atomic E-state index is 11.8. The molecule has 0 aliphatic carbocycles. The maximum absolute atomic E-state index is 11.8. The molecule has 98 valence electrons. The predicted molar refractivity (Wildman–Crippen MR) is 72.6 cm³/mol. The van der Waals surface area contributed by atoms with Crippen LogP contribution in [-0.4, -0.2) is 33.8 Å². The Morgan fingerprint density at radius 1 is 1.44 bits per heavy atom. The van der Waals surface area contributed by atoms with Crippen LogP contribution in [0.2, 0.25) is 0 Å². The van der Waals surface area contributed by atoms with E-state index >= 15 is 0 Å². The minimum atomic E-state index is -3.13. The summed E-state index contributed by atoms with van der Waals surface area (Å²) in [7, 11) is -3.13. The fraction of sp³-hybridized carbons (Fsp3) is 0.444. The number of thiazole rings is 1. The van der Waals surface area contributed by atoms with Gasteiger partial charge < -0.3 is 0 Å². The third-order valence-electron chi connectivity index (χ3n) is 2.33. The van der Waals surface area contributed by atoms with Crippen LogP contribution in [0, 0.1) is 4.77 Å². The minimum Gasteiger partial charge on any atom is -0.281 e. The van der Waals surface area contributed by atoms with Gasteiger partial charge >= 0.3 is 0 Å². The average molecular weight is 304 g/mol. The lowest BCUT2D eigenvalue weighted by molar-refractivity contribution is 0.586. The van der Waals surface area contributed by atoms with Gasteiger partial charge in [0, 0.05) is 6.20 Å². The zero-order chi connectivity index (χ0) is 13.3. The summed E-state index contributed by atoms with van der Waals surface area (Å²) >= 11 is 6.15. The first-order chi connectivity index (χ1) is 8.38. The normalized spacial score (nSPS) is 12.2. The first-order valence-electron chi connectivity index (χ1n) is 5.20. The zero-order valence-electron chi connectivity index (χ0n) is 9.80. The summed E-state index contributed by atoms with van der Waals surface area (Å²) in [5.41, 5.74) is 0. The molecule has 0 fully saturated rings. The molecule has 0 spiro atoms. The molecule has 2 heterocycles. The Morgan fingerprint density at radius 3 is 2.72 bits per heavy atom. The van der Waals surface area contributed by atoms with Crippen molar-refractivity contribution in [2.45, 2.75) is 24.9 Å². The molecule has 2 aromatic rings. The van der Waals surface area contributed by atoms with E-state index in [1.807, 2.05) is 0 Å². The van der Waals surface area contributed by atoms with Crippen LogP contribution in [0.1, 0.15) is 18.9 Å². The topological polar surface area (TPSA) is 91.5 Å². The smallest absolute Gasteiger partial charge is 0.213 e. The van der Waals surface area contributed by atoms with Crippen molar-refractivity contribution in [3.8, 4) is 10.7 Å². The molecular weight excluding hydrogens is 292 g/mol. The van der Waals surface area contributed by atoms with Crippen molar-refractivity contribution >= 4 is 33.4 Å². The molecule has 2 rings (SSSR count). The van der Waals surface area contributed by atoms with Gasteiger partial charge in [-0.05, 0) is 26.1 Å². The van der Waals surface area contributed by atoms with Crippen LogP contribution in [0.15, 0.2) is 6.20 Å². The summed E-state index contributed by atoms with van der Waals surface area (Å²) in [5.74, 6) is 0.534. The Labute approximate surface area is 113 Å². The molecular formula is C9H12N4O2S3. The lowest BCUT2D eigenvalue weighted by Crippen LogP contribution is -2.15. The molecule has 18 heavy (non-hydrogen) atoms. The quantitative estimate of drug-likeness (QED) is 0.842. The lowest BCUT2D eigenvalue weighted by Gasteiger charge is -2.04. The fourth-order valence-corrected chi connectivity index (χ4v) is 3.49. The van der Waals surface area contributed by atoms with Gasteiger partial charge in [-0.1, -0.05) is 0 Å². The van der Waals surface area contributed by atoms with Crippen molar-refractivity contribution in [3.05, 3.63) is 16.0 Å². The Kier molecular flexibility index (Phi) is 3.64. The number of nitrogens with zero attached hydrogens (tertiary/aromatic N) is 2. The van der Waals surface area contributed by atoms with Gasteiger partial charge in [0.2, 0.25) is 4.77 Å². The van der Waals surface area contributed by atoms with E-state index in [2.05, 4.69) is 20.2 Å². The molecule has 0 atom stereocenters. The number of aromatic nitrogens is 4. The maximum Gasteiger partial charge on any atom is 0.213 e. The highest BCUT2D eigenvalue weighted by atomic mass is 32.2. The third-order valence-corrected chi connectivity index (χ3v) is 5.82. The average Bonchev–Trinajstić information content (AvgIpc) is 2.86. The highest BCUT2D eigenvalue weighted by Gasteiger charge is 2.19. The molecule has 6 nitrogen and oxygen atoms in total. The zero-order valence-corrected chi connectivity index (χ0v) is 12.2. The molecule has 9 heteroatoms. The molecule has 0 unspecified atom stereocenters. The Hall–Kier alpha value is -1.06. The van der Waals surface area contributed by atoms with E-state index in [-0.39, 0.29) is 5.75 Å². The molecule has 0 bridgehead atoms. The van der Waals surface area contributed by atoms with E-state index in [9.17, 15) is 8.42 Å². The van der Waals surface area contributed by atoms with Crippen LogP contribution in [0.3, 0.4) is 0 Å². The first-order valence-corrected chi connectivity index (χ1v) is 8.14. The van der Waals surface area contributed by atoms with Crippen LogP contribution in [0.25, 0.3) is 10.7 Å². The van der Waals surface area contributed by atoms with Crippen molar-refractivity contribution in [3.63, 3.8) is 0 Å². The van der Waals surface area contributed by atoms with Gasteiger partial charge in [-0.25, -0.2) is 13.4 Å². The van der Waals surface area contributed by atoms with Gasteiger partial charge in [-0.3, -0.25) is 10.2 Å². The third kappa shape index (κ3) is 2.85. The summed E-state index contributed by atoms with van der Waals surface area (Å²) < 4.78 is 23.9. The summed E-state index contributed by atoms with van der Waals surface area (Å²) in [5, 5.41) is 5.64. The lowest BCUT2D eigenvalue weighted by atomic mass is 10.5. The first kappa shape index (κ1) is 13.4. The number of hydrogen-bond acceptors (Lipinski definition) is 6. The Balaban J connectivity index is 2.24. The number of nitrogens with one attached hydrogen (secondary N) is 2. The van der Waals surface area contributed by atoms with E-state index in [4.69, 9.17) is 12.2 Å². The summed E-state index contributed by atoms with van der Waals surface area (Å²) in [6.45, 7) is 3.32. The monoisotopic (exact) mass is 304 g/mol. The number of rotatable bonds is 4. The van der Waals surface area contributed by atoms with Gasteiger partial charge in [0.25, 0.3) is 0 Å². The number of sulfone groups is 1. The summed E-state index contributed by atoms with van der Waals surface area (Å²) in [6, 6.07) is 0. The van der Waals surface area contributed by atoms with E-state index in [1.165, 1.54) is 11.3 Å². The van der Waals surface area contributed by atoms with Crippen molar-refractivity contribution in [2.75, 3.05) is 0 Å². The predicted octanol–water partition coefficient (Wildman–Crippen LogP) is 1.91. The molecule has 2 N–H and O–H groups in total. The largest absolute Gasteiger partial charge is 0.281 e. The van der Waals surface area contributed by atoms with E-state index in [0.29, 0.717) is 15.6 Å². The molecule has 0 aromatic carbocycles. The Bertz CT molecular complexity index is 695. The van der Waals surface area contributed by atoms with Crippen LogP contribution in [0.4, 0.5) is 0 Å². The van der Waals surface area contributed by atoms with Gasteiger partial charge in [0.05, 0.1) is 10.1 Å². The molecule has 0 aliphatic heterocycles. The van der Waals surface area contributed by atoms with E-state index in [1.54, 1.807) is 20.0 Å². The number of H-pyrrole nitrogens is 2. The van der Waals surface area contributed by atoms with Crippen molar-refractivity contribution in [1.82, 2.24) is 20.2 Å². The van der Waals surface area contributed by atoms with Gasteiger partial charge in [-0.2, -0.15) is 4.98 Å². The number of aromatic amines is 2. The van der Waals surface area contributed by atoms with E-state index < -0.39 is 15.1 Å². The molecule has 2 aromatic heterocycles. The SMILES string of the molecule is CC(C)S(=O)(=O)Cc1ncc(-c2nc(=S)[nH][nH]2)s1. The molecule has 0 saturated heterocycles. The van der Waals surface area contributed by atoms with Crippen LogP contribution >= 0.6 is 23.6 Å². The highest BCUT2D eigenvalue weighted by Crippen LogP contribution is 2.24. The second kappa shape index (κ2) is 4.90. The van der Waals surface area contributed by atoms with Crippen LogP contribution in [-0.2, 0) is 15.6 Å². The van der Waals surface area contributed by atoms with Gasteiger partial charge in [0.15, 0.2) is 15.7 Å². The molecule has 0 amide bonds. The fourth-order valence-electron chi connectivity index (χ4n) is 1.21. The minimum absolute atomic E-state index is 0.0412. The number of hydrogen-bond donors (Lipinski definition) is 2. The molecule has 0 aliphatic rings. The van der Waals surface area contributed by atoms with Crippen LogP contribution < -0.4 is 0 Å². The standard InChI is InChI=1S/C9H12N4O2S3/c1-5(2)18(14,15)4-7-10-3-6(17-7)8-11-9(16)13-12-8/h3,5H,4H2,1-2H3,(H2,11,12,13,16). The van der Waals surface area contributed by atoms with Crippen molar-refractivity contribution in [2.24, 2.45) is 0 Å². The highest BCUT2D eigenvalue weighted by molar-refractivity contribution is 7.91. The molecule has 0 radical (unpaired) electrons. The van der Waals surface area contributed by atoms with Gasteiger partial charge in [0.1, 0.15) is 10.8 Å². The molecule has 0 saturated carbocycles. The Morgan fingerprint density at radius 2 is 2.17 bits per heavy atom. The van der Waals surface area contributed by atoms with Gasteiger partial charge in [-0.15, -0.1) is 11.3 Å². The second-order valence-electron chi connectivity index (χ2n) is 3.99. The summed E-state index contributed by atoms with van der Waals surface area (Å²) in [4.78, 5) is 8.91. The second-order valence-corrected chi connectivity index (χ2v) is 8.05. The van der Waals surface area contributed by atoms with Crippen LogP contribution in [0.5, 0.6) is 0 Å². The van der Waals surface area contributed by atoms with E-state index in [0.717, 1.165) is 4.88 Å². The van der Waals surface area contributed by atoms with Crippen molar-refractivity contribution < 1.29 is 8.42 Å². The summed E-state index contributed by atoms with van der Waals surface area (Å²) in [6.07, 6.45) is 1.59.